The van der Waals surface area contributed by atoms with Crippen molar-refractivity contribution >= 4 is 21.6 Å². The maximum atomic E-state index is 8.75. The molecule has 1 aromatic rings. The van der Waals surface area contributed by atoms with Crippen molar-refractivity contribution in [3.63, 3.8) is 0 Å². The standard InChI is InChI=1S/C11H14BrNO2/c12-8-3-4-10-11(6-8)15-7-9(13-10)2-1-5-14/h3-4,6,9,13-14H,1-2,5,7H2. The van der Waals surface area contributed by atoms with Gasteiger partial charge in [0.2, 0.25) is 0 Å². The molecule has 0 saturated heterocycles. The molecule has 3 nitrogen and oxygen atoms in total. The predicted octanol–water partition coefficient (Wildman–Crippen LogP) is 2.39. The molecule has 0 aromatic heterocycles. The van der Waals surface area contributed by atoms with Gasteiger partial charge in [0.1, 0.15) is 12.4 Å². The van der Waals surface area contributed by atoms with E-state index in [0.29, 0.717) is 12.6 Å². The van der Waals surface area contributed by atoms with Crippen molar-refractivity contribution in [1.29, 1.82) is 0 Å². The first kappa shape index (κ1) is 10.8. The summed E-state index contributed by atoms with van der Waals surface area (Å²) in [6.45, 7) is 0.912. The zero-order chi connectivity index (χ0) is 10.7. The third-order valence-corrected chi connectivity index (χ3v) is 2.95. The average Bonchev–Trinajstić information content (AvgIpc) is 2.26. The Morgan fingerprint density at radius 2 is 2.40 bits per heavy atom. The smallest absolute Gasteiger partial charge is 0.143 e. The number of aliphatic hydroxyl groups excluding tert-OH is 1. The van der Waals surface area contributed by atoms with E-state index in [2.05, 4.69) is 21.2 Å². The van der Waals surface area contributed by atoms with E-state index in [-0.39, 0.29) is 6.61 Å². The Balaban J connectivity index is 2.03. The highest BCUT2D eigenvalue weighted by Gasteiger charge is 2.18. The van der Waals surface area contributed by atoms with Crippen LogP contribution in [0.25, 0.3) is 0 Å². The van der Waals surface area contributed by atoms with Gasteiger partial charge in [-0.15, -0.1) is 0 Å². The van der Waals surface area contributed by atoms with Crippen LogP contribution in [0, 0.1) is 0 Å². The lowest BCUT2D eigenvalue weighted by Crippen LogP contribution is -2.31. The van der Waals surface area contributed by atoms with Crippen molar-refractivity contribution in [2.24, 2.45) is 0 Å². The van der Waals surface area contributed by atoms with Gasteiger partial charge in [0.15, 0.2) is 0 Å². The van der Waals surface area contributed by atoms with Crippen LogP contribution in [-0.2, 0) is 0 Å². The molecule has 0 saturated carbocycles. The molecule has 0 fully saturated rings. The first-order chi connectivity index (χ1) is 7.29. The Kier molecular flexibility index (Phi) is 3.49. The van der Waals surface area contributed by atoms with Gasteiger partial charge in [-0.05, 0) is 31.0 Å². The van der Waals surface area contributed by atoms with Crippen LogP contribution in [0.1, 0.15) is 12.8 Å². The molecule has 1 aliphatic rings. The molecule has 0 aliphatic carbocycles. The quantitative estimate of drug-likeness (QED) is 0.887. The number of nitrogens with one attached hydrogen (secondary N) is 1. The van der Waals surface area contributed by atoms with Gasteiger partial charge in [-0.1, -0.05) is 15.9 Å². The summed E-state index contributed by atoms with van der Waals surface area (Å²) in [5, 5.41) is 12.2. The normalized spacial score (nSPS) is 18.9. The summed E-state index contributed by atoms with van der Waals surface area (Å²) in [7, 11) is 0. The molecule has 2 N–H and O–H groups in total. The highest BCUT2D eigenvalue weighted by atomic mass is 79.9. The van der Waals surface area contributed by atoms with Gasteiger partial charge in [-0.25, -0.2) is 0 Å². The lowest BCUT2D eigenvalue weighted by molar-refractivity contribution is 0.249. The van der Waals surface area contributed by atoms with Crippen molar-refractivity contribution < 1.29 is 9.84 Å². The number of anilines is 1. The van der Waals surface area contributed by atoms with Crippen LogP contribution < -0.4 is 10.1 Å². The largest absolute Gasteiger partial charge is 0.489 e. The summed E-state index contributed by atoms with van der Waals surface area (Å²) < 4.78 is 6.66. The fourth-order valence-electron chi connectivity index (χ4n) is 1.68. The van der Waals surface area contributed by atoms with Crippen molar-refractivity contribution in [1.82, 2.24) is 0 Å². The minimum absolute atomic E-state index is 0.241. The van der Waals surface area contributed by atoms with Crippen LogP contribution in [0.15, 0.2) is 22.7 Å². The second kappa shape index (κ2) is 4.86. The van der Waals surface area contributed by atoms with Crippen LogP contribution in [0.5, 0.6) is 5.75 Å². The number of halogens is 1. The Morgan fingerprint density at radius 3 is 3.20 bits per heavy atom. The highest BCUT2D eigenvalue weighted by Crippen LogP contribution is 2.32. The molecule has 2 rings (SSSR count). The number of rotatable bonds is 3. The molecule has 1 unspecified atom stereocenters. The number of benzene rings is 1. The minimum Gasteiger partial charge on any atom is -0.489 e. The molecule has 0 radical (unpaired) electrons. The van der Waals surface area contributed by atoms with Crippen LogP contribution in [0.3, 0.4) is 0 Å². The highest BCUT2D eigenvalue weighted by molar-refractivity contribution is 9.10. The molecule has 4 heteroatoms. The van der Waals surface area contributed by atoms with Crippen LogP contribution in [0.4, 0.5) is 5.69 Å². The number of fused-ring (bicyclic) bond motifs is 1. The number of ether oxygens (including phenoxy) is 1. The summed E-state index contributed by atoms with van der Waals surface area (Å²) in [4.78, 5) is 0. The molecule has 1 atom stereocenters. The molecule has 0 amide bonds. The van der Waals surface area contributed by atoms with Gasteiger partial charge in [0.25, 0.3) is 0 Å². The third-order valence-electron chi connectivity index (χ3n) is 2.45. The topological polar surface area (TPSA) is 41.5 Å². The van der Waals surface area contributed by atoms with Gasteiger partial charge < -0.3 is 15.2 Å². The van der Waals surface area contributed by atoms with Gasteiger partial charge in [-0.2, -0.15) is 0 Å². The maximum Gasteiger partial charge on any atom is 0.143 e. The molecular weight excluding hydrogens is 258 g/mol. The number of hydrogen-bond acceptors (Lipinski definition) is 3. The first-order valence-corrected chi connectivity index (χ1v) is 5.88. The molecule has 82 valence electrons. The third kappa shape index (κ3) is 2.63. The van der Waals surface area contributed by atoms with Crippen molar-refractivity contribution in [3.8, 4) is 5.75 Å². The van der Waals surface area contributed by atoms with E-state index in [1.807, 2.05) is 18.2 Å². The molecule has 1 aliphatic heterocycles. The number of hydrogen-bond donors (Lipinski definition) is 2. The summed E-state index contributed by atoms with van der Waals surface area (Å²) in [5.74, 6) is 0.893. The second-order valence-corrected chi connectivity index (χ2v) is 4.57. The first-order valence-electron chi connectivity index (χ1n) is 5.09. The zero-order valence-corrected chi connectivity index (χ0v) is 9.96. The SMILES string of the molecule is OCCCC1COc2cc(Br)ccc2N1. The Labute approximate surface area is 97.6 Å². The zero-order valence-electron chi connectivity index (χ0n) is 8.37. The second-order valence-electron chi connectivity index (χ2n) is 3.66. The lowest BCUT2D eigenvalue weighted by atomic mass is 10.1. The maximum absolute atomic E-state index is 8.75. The fraction of sp³-hybridized carbons (Fsp3) is 0.455. The van der Waals surface area contributed by atoms with Crippen molar-refractivity contribution in [2.45, 2.75) is 18.9 Å². The molecular formula is C11H14BrNO2. The number of aliphatic hydroxyl groups is 1. The minimum atomic E-state index is 0.241. The molecule has 0 bridgehead atoms. The molecule has 1 heterocycles. The summed E-state index contributed by atoms with van der Waals surface area (Å²) >= 11 is 3.41. The van der Waals surface area contributed by atoms with Gasteiger partial charge in [0.05, 0.1) is 11.7 Å². The van der Waals surface area contributed by atoms with Crippen LogP contribution in [0.2, 0.25) is 0 Å². The summed E-state index contributed by atoms with van der Waals surface area (Å²) in [6.07, 6.45) is 1.75. The predicted molar refractivity (Wildman–Crippen MR) is 63.4 cm³/mol. The van der Waals surface area contributed by atoms with Gasteiger partial charge in [-0.3, -0.25) is 0 Å². The van der Waals surface area contributed by atoms with E-state index in [0.717, 1.165) is 28.8 Å². The van der Waals surface area contributed by atoms with E-state index in [1.54, 1.807) is 0 Å². The molecule has 1 aromatic carbocycles. The van der Waals surface area contributed by atoms with E-state index in [9.17, 15) is 0 Å². The van der Waals surface area contributed by atoms with E-state index in [4.69, 9.17) is 9.84 Å². The fourth-order valence-corrected chi connectivity index (χ4v) is 2.02. The van der Waals surface area contributed by atoms with E-state index >= 15 is 0 Å². The van der Waals surface area contributed by atoms with E-state index in [1.165, 1.54) is 0 Å². The summed E-state index contributed by atoms with van der Waals surface area (Å²) in [5.41, 5.74) is 1.03. The van der Waals surface area contributed by atoms with Gasteiger partial charge >= 0.3 is 0 Å². The van der Waals surface area contributed by atoms with Crippen LogP contribution >= 0.6 is 15.9 Å². The lowest BCUT2D eigenvalue weighted by Gasteiger charge is -2.27. The molecule has 15 heavy (non-hydrogen) atoms. The molecule has 0 spiro atoms. The average molecular weight is 272 g/mol. The Morgan fingerprint density at radius 1 is 1.53 bits per heavy atom. The van der Waals surface area contributed by atoms with E-state index < -0.39 is 0 Å². The summed E-state index contributed by atoms with van der Waals surface area (Å²) in [6, 6.07) is 6.27. The van der Waals surface area contributed by atoms with Crippen molar-refractivity contribution in [2.75, 3.05) is 18.5 Å². The Hall–Kier alpha value is -0.740. The van der Waals surface area contributed by atoms with Gasteiger partial charge in [0, 0.05) is 11.1 Å². The van der Waals surface area contributed by atoms with Crippen LogP contribution in [-0.4, -0.2) is 24.4 Å². The van der Waals surface area contributed by atoms with Crippen molar-refractivity contribution in [3.05, 3.63) is 22.7 Å². The monoisotopic (exact) mass is 271 g/mol. The Bertz CT molecular complexity index is 343.